The lowest BCUT2D eigenvalue weighted by Gasteiger charge is -2.28. The molecule has 5 nitrogen and oxygen atoms in total. The van der Waals surface area contributed by atoms with Crippen molar-refractivity contribution in [2.75, 3.05) is 26.0 Å². The van der Waals surface area contributed by atoms with Gasteiger partial charge in [-0.2, -0.15) is 0 Å². The van der Waals surface area contributed by atoms with E-state index in [9.17, 15) is 9.90 Å². The average Bonchev–Trinajstić information content (AvgIpc) is 2.96. The molecule has 1 heterocycles. The molecule has 1 amide bonds. The number of nitrogens with one attached hydrogen (secondary N) is 1. The van der Waals surface area contributed by atoms with Gasteiger partial charge in [0.2, 0.25) is 0 Å². The number of aromatic nitrogens is 1. The first-order chi connectivity index (χ1) is 8.54. The van der Waals surface area contributed by atoms with Crippen molar-refractivity contribution in [1.29, 1.82) is 0 Å². The Balaban J connectivity index is 2.00. The smallest absolute Gasteiger partial charge is 0.265 e. The van der Waals surface area contributed by atoms with Gasteiger partial charge in [-0.25, -0.2) is 4.98 Å². The zero-order chi connectivity index (χ0) is 13.2. The predicted octanol–water partition coefficient (Wildman–Crippen LogP) is 1.56. The summed E-state index contributed by atoms with van der Waals surface area (Å²) >= 11 is 1.33. The number of hydrogen-bond acceptors (Lipinski definition) is 5. The number of amides is 1. The van der Waals surface area contributed by atoms with Crippen molar-refractivity contribution in [2.45, 2.75) is 31.3 Å². The number of likely N-dealkylation sites (N-methyl/N-ethyl adjacent to an activating group) is 1. The van der Waals surface area contributed by atoms with Gasteiger partial charge in [0.15, 0.2) is 5.13 Å². The van der Waals surface area contributed by atoms with Crippen LogP contribution in [0.3, 0.4) is 0 Å². The molecule has 0 aliphatic heterocycles. The lowest BCUT2D eigenvalue weighted by atomic mass is 10.0. The standard InChI is InChI=1S/C12H19N3O2S/c1-13-11-14-7-9(18-11)10(16)15(2)8-12(17)5-3-4-6-12/h7,17H,3-6,8H2,1-2H3,(H,13,14). The molecule has 1 aromatic heterocycles. The molecule has 6 heteroatoms. The summed E-state index contributed by atoms with van der Waals surface area (Å²) in [6.45, 7) is 0.401. The van der Waals surface area contributed by atoms with Gasteiger partial charge in [-0.05, 0) is 12.8 Å². The van der Waals surface area contributed by atoms with Crippen LogP contribution in [0, 0.1) is 0 Å². The lowest BCUT2D eigenvalue weighted by Crippen LogP contribution is -2.41. The number of anilines is 1. The maximum Gasteiger partial charge on any atom is 0.265 e. The Morgan fingerprint density at radius 1 is 1.61 bits per heavy atom. The van der Waals surface area contributed by atoms with Crippen LogP contribution in [-0.4, -0.2) is 47.1 Å². The Kier molecular flexibility index (Phi) is 3.87. The normalized spacial score (nSPS) is 17.7. The molecule has 100 valence electrons. The fraction of sp³-hybridized carbons (Fsp3) is 0.667. The number of thiazole rings is 1. The maximum atomic E-state index is 12.2. The van der Waals surface area contributed by atoms with Crippen LogP contribution in [-0.2, 0) is 0 Å². The summed E-state index contributed by atoms with van der Waals surface area (Å²) in [5.41, 5.74) is -0.694. The third kappa shape index (κ3) is 2.81. The summed E-state index contributed by atoms with van der Waals surface area (Å²) in [6, 6.07) is 0. The molecule has 18 heavy (non-hydrogen) atoms. The minimum absolute atomic E-state index is 0.0747. The first-order valence-corrected chi connectivity index (χ1v) is 6.97. The molecule has 1 fully saturated rings. The van der Waals surface area contributed by atoms with Crippen molar-refractivity contribution in [1.82, 2.24) is 9.88 Å². The van der Waals surface area contributed by atoms with Gasteiger partial charge in [0.25, 0.3) is 5.91 Å². The summed E-state index contributed by atoms with van der Waals surface area (Å²) in [5.74, 6) is -0.0747. The first kappa shape index (κ1) is 13.3. The van der Waals surface area contributed by atoms with Crippen molar-refractivity contribution in [3.63, 3.8) is 0 Å². The molecule has 1 aromatic rings. The number of carbonyl (C=O) groups is 1. The van der Waals surface area contributed by atoms with Gasteiger partial charge in [0.1, 0.15) is 4.88 Å². The minimum Gasteiger partial charge on any atom is -0.388 e. The average molecular weight is 269 g/mol. The fourth-order valence-electron chi connectivity index (χ4n) is 2.38. The van der Waals surface area contributed by atoms with Crippen LogP contribution >= 0.6 is 11.3 Å². The fourth-order valence-corrected chi connectivity index (χ4v) is 3.15. The van der Waals surface area contributed by atoms with E-state index in [1.807, 2.05) is 0 Å². The monoisotopic (exact) mass is 269 g/mol. The van der Waals surface area contributed by atoms with Crippen molar-refractivity contribution < 1.29 is 9.90 Å². The largest absolute Gasteiger partial charge is 0.388 e. The second kappa shape index (κ2) is 5.24. The Morgan fingerprint density at radius 3 is 2.83 bits per heavy atom. The molecular weight excluding hydrogens is 250 g/mol. The Labute approximate surface area is 111 Å². The van der Waals surface area contributed by atoms with Crippen LogP contribution in [0.15, 0.2) is 6.20 Å². The van der Waals surface area contributed by atoms with E-state index >= 15 is 0 Å². The maximum absolute atomic E-state index is 12.2. The van der Waals surface area contributed by atoms with Gasteiger partial charge >= 0.3 is 0 Å². The second-order valence-corrected chi connectivity index (χ2v) is 5.90. The third-order valence-electron chi connectivity index (χ3n) is 3.34. The number of aliphatic hydroxyl groups is 1. The summed E-state index contributed by atoms with van der Waals surface area (Å²) in [4.78, 5) is 18.4. The Hall–Kier alpha value is -1.14. The lowest BCUT2D eigenvalue weighted by molar-refractivity contribution is 0.0158. The van der Waals surface area contributed by atoms with Gasteiger partial charge in [-0.15, -0.1) is 0 Å². The summed E-state index contributed by atoms with van der Waals surface area (Å²) < 4.78 is 0. The van der Waals surface area contributed by atoms with Crippen LogP contribution in [0.2, 0.25) is 0 Å². The van der Waals surface area contributed by atoms with Gasteiger partial charge in [0.05, 0.1) is 11.8 Å². The zero-order valence-corrected chi connectivity index (χ0v) is 11.6. The van der Waals surface area contributed by atoms with E-state index in [1.165, 1.54) is 11.3 Å². The molecule has 0 bridgehead atoms. The second-order valence-electron chi connectivity index (χ2n) is 4.87. The molecule has 0 aromatic carbocycles. The molecule has 2 rings (SSSR count). The quantitative estimate of drug-likeness (QED) is 0.870. The van der Waals surface area contributed by atoms with Crippen LogP contribution < -0.4 is 5.32 Å². The van der Waals surface area contributed by atoms with Gasteiger partial charge < -0.3 is 15.3 Å². The Bertz CT molecular complexity index is 427. The molecule has 0 unspecified atom stereocenters. The van der Waals surface area contributed by atoms with E-state index in [0.29, 0.717) is 11.4 Å². The van der Waals surface area contributed by atoms with E-state index in [2.05, 4.69) is 10.3 Å². The predicted molar refractivity (Wildman–Crippen MR) is 72.0 cm³/mol. The summed E-state index contributed by atoms with van der Waals surface area (Å²) in [7, 11) is 3.51. The zero-order valence-electron chi connectivity index (χ0n) is 10.8. The van der Waals surface area contributed by atoms with Gasteiger partial charge in [-0.1, -0.05) is 24.2 Å². The van der Waals surface area contributed by atoms with E-state index in [1.54, 1.807) is 25.2 Å². The molecule has 1 saturated carbocycles. The highest BCUT2D eigenvalue weighted by atomic mass is 32.1. The van der Waals surface area contributed by atoms with E-state index in [0.717, 1.165) is 30.8 Å². The van der Waals surface area contributed by atoms with Gasteiger partial charge in [0, 0.05) is 20.6 Å². The molecule has 0 radical (unpaired) electrons. The molecular formula is C12H19N3O2S. The third-order valence-corrected chi connectivity index (χ3v) is 4.35. The van der Waals surface area contributed by atoms with Crippen molar-refractivity contribution in [3.8, 4) is 0 Å². The number of nitrogens with zero attached hydrogens (tertiary/aromatic N) is 2. The van der Waals surface area contributed by atoms with Crippen LogP contribution in [0.25, 0.3) is 0 Å². The van der Waals surface area contributed by atoms with E-state index in [4.69, 9.17) is 0 Å². The summed E-state index contributed by atoms with van der Waals surface area (Å²) in [5, 5.41) is 13.9. The minimum atomic E-state index is -0.694. The number of hydrogen-bond donors (Lipinski definition) is 2. The molecule has 0 saturated heterocycles. The highest BCUT2D eigenvalue weighted by Crippen LogP contribution is 2.30. The van der Waals surface area contributed by atoms with Gasteiger partial charge in [-0.3, -0.25) is 4.79 Å². The molecule has 0 atom stereocenters. The van der Waals surface area contributed by atoms with Crippen molar-refractivity contribution >= 4 is 22.4 Å². The van der Waals surface area contributed by atoms with Crippen LogP contribution in [0.1, 0.15) is 35.4 Å². The highest BCUT2D eigenvalue weighted by Gasteiger charge is 2.33. The van der Waals surface area contributed by atoms with E-state index in [-0.39, 0.29) is 5.91 Å². The van der Waals surface area contributed by atoms with Crippen LogP contribution in [0.5, 0.6) is 0 Å². The van der Waals surface area contributed by atoms with E-state index < -0.39 is 5.60 Å². The SMILES string of the molecule is CNc1ncc(C(=O)N(C)CC2(O)CCCC2)s1. The highest BCUT2D eigenvalue weighted by molar-refractivity contribution is 7.17. The molecule has 0 spiro atoms. The molecule has 2 N–H and O–H groups in total. The first-order valence-electron chi connectivity index (χ1n) is 6.15. The molecule has 1 aliphatic carbocycles. The van der Waals surface area contributed by atoms with Crippen molar-refractivity contribution in [2.24, 2.45) is 0 Å². The summed E-state index contributed by atoms with van der Waals surface area (Å²) in [6.07, 6.45) is 5.24. The van der Waals surface area contributed by atoms with Crippen LogP contribution in [0.4, 0.5) is 5.13 Å². The van der Waals surface area contributed by atoms with Crippen molar-refractivity contribution in [3.05, 3.63) is 11.1 Å². The number of carbonyl (C=O) groups excluding carboxylic acids is 1. The number of rotatable bonds is 4. The Morgan fingerprint density at radius 2 is 2.28 bits per heavy atom. The topological polar surface area (TPSA) is 65.5 Å². The molecule has 1 aliphatic rings.